The maximum atomic E-state index is 12.6. The quantitative estimate of drug-likeness (QED) is 0.0915. The minimum atomic E-state index is -0.711. The Morgan fingerprint density at radius 3 is 2.02 bits per heavy atom. The Morgan fingerprint density at radius 2 is 1.44 bits per heavy atom. The van der Waals surface area contributed by atoms with E-state index in [9.17, 15) is 9.59 Å². The second kappa shape index (κ2) is 21.9. The number of unbranched alkanes of at least 4 members (excludes halogenated alkanes) is 14. The number of nitrogen functional groups attached to an aromatic ring is 1. The molecule has 0 saturated carbocycles. The number of anilines is 1. The molecule has 0 bridgehead atoms. The van der Waals surface area contributed by atoms with E-state index in [2.05, 4.69) is 21.9 Å². The summed E-state index contributed by atoms with van der Waals surface area (Å²) < 4.78 is 13.1. The Morgan fingerprint density at radius 1 is 0.860 bits per heavy atom. The zero-order valence-electron chi connectivity index (χ0n) is 27.1. The third kappa shape index (κ3) is 15.5. The summed E-state index contributed by atoms with van der Waals surface area (Å²) in [6.07, 6.45) is 23.4. The minimum absolute atomic E-state index is 0.0434. The third-order valence-corrected chi connectivity index (χ3v) is 8.03. The number of nitrogens with two attached hydrogens (primary N) is 2. The summed E-state index contributed by atoms with van der Waals surface area (Å²) in [6, 6.07) is -0.711. The fourth-order valence-electron chi connectivity index (χ4n) is 5.11. The molecule has 0 aliphatic carbocycles. The molecule has 1 unspecified atom stereocenters. The molecule has 43 heavy (non-hydrogen) atoms. The van der Waals surface area contributed by atoms with Crippen molar-refractivity contribution in [1.82, 2.24) is 19.5 Å². The van der Waals surface area contributed by atoms with Crippen LogP contribution in [0.4, 0.5) is 5.95 Å². The van der Waals surface area contributed by atoms with E-state index in [1.165, 1.54) is 83.5 Å². The van der Waals surface area contributed by atoms with Gasteiger partial charge in [-0.1, -0.05) is 111 Å². The number of hydrogen-bond donors (Lipinski definition) is 2. The summed E-state index contributed by atoms with van der Waals surface area (Å²) in [4.78, 5) is 37.4. The number of esters is 2. The molecule has 0 spiro atoms. The first kappa shape index (κ1) is 36.4. The van der Waals surface area contributed by atoms with Gasteiger partial charge in [-0.3, -0.25) is 9.59 Å². The number of carbonyl (C=O) groups is 2. The fraction of sp³-hybridized carbons (Fsp3) is 0.788. The SMILES string of the molecule is CCCCCCCCCCCCCCCCCC(=O)OCCC(CCn1cnc2cnc(N)nc21)OC(=O)[C@@H](N)C(C)C. The number of rotatable bonds is 25. The summed E-state index contributed by atoms with van der Waals surface area (Å²) in [6.45, 7) is 6.70. The van der Waals surface area contributed by atoms with Gasteiger partial charge in [-0.15, -0.1) is 0 Å². The molecule has 2 aromatic heterocycles. The number of carbonyl (C=O) groups excluding carboxylic acids is 2. The van der Waals surface area contributed by atoms with E-state index in [-0.39, 0.29) is 24.4 Å². The highest BCUT2D eigenvalue weighted by Gasteiger charge is 2.23. The lowest BCUT2D eigenvalue weighted by atomic mass is 10.0. The first-order chi connectivity index (χ1) is 20.8. The van der Waals surface area contributed by atoms with Crippen molar-refractivity contribution in [1.29, 1.82) is 0 Å². The van der Waals surface area contributed by atoms with Crippen LogP contribution >= 0.6 is 0 Å². The molecule has 2 heterocycles. The van der Waals surface area contributed by atoms with Crippen LogP contribution in [0.15, 0.2) is 12.5 Å². The van der Waals surface area contributed by atoms with Crippen molar-refractivity contribution in [2.75, 3.05) is 12.3 Å². The normalized spacial score (nSPS) is 13.0. The van der Waals surface area contributed by atoms with E-state index in [4.69, 9.17) is 20.9 Å². The lowest BCUT2D eigenvalue weighted by molar-refractivity contribution is -0.154. The third-order valence-electron chi connectivity index (χ3n) is 8.03. The van der Waals surface area contributed by atoms with Gasteiger partial charge in [0.05, 0.1) is 19.1 Å². The smallest absolute Gasteiger partial charge is 0.323 e. The van der Waals surface area contributed by atoms with Crippen LogP contribution < -0.4 is 11.5 Å². The molecular weight excluding hydrogens is 544 g/mol. The van der Waals surface area contributed by atoms with E-state index in [1.54, 1.807) is 12.5 Å². The highest BCUT2D eigenvalue weighted by atomic mass is 16.6. The largest absolute Gasteiger partial charge is 0.466 e. The molecule has 10 nitrogen and oxygen atoms in total. The summed E-state index contributed by atoms with van der Waals surface area (Å²) in [5.74, 6) is -0.531. The molecule has 2 aromatic rings. The van der Waals surface area contributed by atoms with Gasteiger partial charge < -0.3 is 25.5 Å². The lowest BCUT2D eigenvalue weighted by Crippen LogP contribution is -2.39. The average Bonchev–Trinajstić information content (AvgIpc) is 3.39. The van der Waals surface area contributed by atoms with Gasteiger partial charge in [-0.05, 0) is 12.3 Å². The van der Waals surface area contributed by atoms with Crippen LogP contribution in [0.2, 0.25) is 0 Å². The first-order valence-electron chi connectivity index (χ1n) is 16.9. The predicted molar refractivity (Wildman–Crippen MR) is 172 cm³/mol. The van der Waals surface area contributed by atoms with Crippen molar-refractivity contribution >= 4 is 29.1 Å². The van der Waals surface area contributed by atoms with Crippen molar-refractivity contribution < 1.29 is 19.1 Å². The Kier molecular flexibility index (Phi) is 18.5. The Bertz CT molecular complexity index is 1040. The maximum absolute atomic E-state index is 12.6. The number of hydrogen-bond acceptors (Lipinski definition) is 9. The minimum Gasteiger partial charge on any atom is -0.466 e. The molecule has 0 aromatic carbocycles. The fourth-order valence-corrected chi connectivity index (χ4v) is 5.11. The van der Waals surface area contributed by atoms with E-state index >= 15 is 0 Å². The predicted octanol–water partition coefficient (Wildman–Crippen LogP) is 6.89. The van der Waals surface area contributed by atoms with E-state index in [0.29, 0.717) is 37.0 Å². The van der Waals surface area contributed by atoms with Gasteiger partial charge in [0.15, 0.2) is 5.65 Å². The van der Waals surface area contributed by atoms with Gasteiger partial charge in [0.25, 0.3) is 0 Å². The van der Waals surface area contributed by atoms with Crippen molar-refractivity contribution in [3.05, 3.63) is 12.5 Å². The Balaban J connectivity index is 1.60. The highest BCUT2D eigenvalue weighted by molar-refractivity contribution is 5.76. The van der Waals surface area contributed by atoms with Crippen molar-refractivity contribution in [3.63, 3.8) is 0 Å². The number of nitrogens with zero attached hydrogens (tertiary/aromatic N) is 4. The Labute approximate surface area is 259 Å². The summed E-state index contributed by atoms with van der Waals surface area (Å²) in [5.41, 5.74) is 13.0. The highest BCUT2D eigenvalue weighted by Crippen LogP contribution is 2.16. The second-order valence-electron chi connectivity index (χ2n) is 12.2. The van der Waals surface area contributed by atoms with Crippen LogP contribution in [0, 0.1) is 5.92 Å². The molecule has 2 rings (SSSR count). The van der Waals surface area contributed by atoms with Crippen LogP contribution in [-0.4, -0.2) is 50.2 Å². The van der Waals surface area contributed by atoms with Crippen LogP contribution in [0.3, 0.4) is 0 Å². The van der Waals surface area contributed by atoms with Gasteiger partial charge in [-0.25, -0.2) is 9.97 Å². The molecule has 0 aliphatic rings. The molecule has 244 valence electrons. The number of imidazole rings is 1. The molecule has 0 radical (unpaired) electrons. The van der Waals surface area contributed by atoms with Gasteiger partial charge in [0.2, 0.25) is 5.95 Å². The number of fused-ring (bicyclic) bond motifs is 1. The molecular formula is C33H58N6O4. The van der Waals surface area contributed by atoms with Crippen molar-refractivity contribution in [2.45, 2.75) is 155 Å². The second-order valence-corrected chi connectivity index (χ2v) is 12.2. The summed E-state index contributed by atoms with van der Waals surface area (Å²) >= 11 is 0. The van der Waals surface area contributed by atoms with Gasteiger partial charge in [0.1, 0.15) is 17.7 Å². The van der Waals surface area contributed by atoms with Gasteiger partial charge >= 0.3 is 11.9 Å². The zero-order valence-corrected chi connectivity index (χ0v) is 27.1. The maximum Gasteiger partial charge on any atom is 0.323 e. The molecule has 4 N–H and O–H groups in total. The standard InChI is InChI=1S/C33H58N6O4/c1-4-5-6-7-8-9-10-11-12-13-14-15-16-17-18-19-29(40)42-23-21-27(43-32(41)30(34)26(2)3)20-22-39-25-37-28-24-36-33(35)38-31(28)39/h24-27,30H,4-23,34H2,1-3H3,(H2,35,36,38)/t27?,30-/m0/s1. The zero-order chi connectivity index (χ0) is 31.3. The van der Waals surface area contributed by atoms with Crippen molar-refractivity contribution in [3.8, 4) is 0 Å². The van der Waals surface area contributed by atoms with Crippen LogP contribution in [0.1, 0.15) is 136 Å². The topological polar surface area (TPSA) is 148 Å². The number of aromatic nitrogens is 4. The number of ether oxygens (including phenoxy) is 2. The van der Waals surface area contributed by atoms with Crippen LogP contribution in [0.5, 0.6) is 0 Å². The van der Waals surface area contributed by atoms with Gasteiger partial charge in [-0.2, -0.15) is 4.98 Å². The molecule has 0 aliphatic heterocycles. The summed E-state index contributed by atoms with van der Waals surface area (Å²) in [5, 5.41) is 0. The monoisotopic (exact) mass is 602 g/mol. The molecule has 2 atom stereocenters. The van der Waals surface area contributed by atoms with Crippen molar-refractivity contribution in [2.24, 2.45) is 11.7 Å². The van der Waals surface area contributed by atoms with Crippen LogP contribution in [-0.2, 0) is 25.6 Å². The average molecular weight is 603 g/mol. The van der Waals surface area contributed by atoms with E-state index < -0.39 is 18.1 Å². The number of aryl methyl sites for hydroxylation is 1. The van der Waals surface area contributed by atoms with E-state index in [0.717, 1.165) is 12.8 Å². The Hall–Kier alpha value is -2.75. The molecule has 0 amide bonds. The van der Waals surface area contributed by atoms with Gasteiger partial charge in [0, 0.05) is 25.8 Å². The molecule has 0 saturated heterocycles. The van der Waals surface area contributed by atoms with E-state index in [1.807, 2.05) is 18.4 Å². The molecule has 10 heteroatoms. The molecule has 0 fully saturated rings. The summed E-state index contributed by atoms with van der Waals surface area (Å²) in [7, 11) is 0. The van der Waals surface area contributed by atoms with Crippen LogP contribution in [0.25, 0.3) is 11.2 Å². The first-order valence-corrected chi connectivity index (χ1v) is 16.9. The lowest BCUT2D eigenvalue weighted by Gasteiger charge is -2.22.